The van der Waals surface area contributed by atoms with E-state index < -0.39 is 10.0 Å². The fourth-order valence-electron chi connectivity index (χ4n) is 1.86. The molecule has 0 saturated heterocycles. The van der Waals surface area contributed by atoms with Crippen molar-refractivity contribution in [1.29, 1.82) is 0 Å². The molecule has 110 valence electrons. The predicted molar refractivity (Wildman–Crippen MR) is 76.0 cm³/mol. The van der Waals surface area contributed by atoms with Crippen LogP contribution in [0, 0.1) is 0 Å². The molecule has 2 rings (SSSR count). The normalized spacial score (nSPS) is 11.9. The monoisotopic (exact) mass is 316 g/mol. The zero-order valence-electron chi connectivity index (χ0n) is 11.2. The number of aromatic nitrogens is 3. The Hall–Kier alpha value is -1.29. The van der Waals surface area contributed by atoms with Gasteiger partial charge in [-0.3, -0.25) is 4.57 Å². The summed E-state index contributed by atoms with van der Waals surface area (Å²) in [5.41, 5.74) is 1.10. The van der Waals surface area contributed by atoms with E-state index in [0.717, 1.165) is 16.9 Å². The largest absolute Gasteiger partial charge is 0.383 e. The van der Waals surface area contributed by atoms with Crippen LogP contribution in [-0.4, -0.2) is 36.9 Å². The van der Waals surface area contributed by atoms with Gasteiger partial charge in [0.15, 0.2) is 5.82 Å². The maximum Gasteiger partial charge on any atom is 0.273 e. The summed E-state index contributed by atoms with van der Waals surface area (Å²) in [7, 11) is -2.37. The highest BCUT2D eigenvalue weighted by Gasteiger charge is 2.23. The summed E-state index contributed by atoms with van der Waals surface area (Å²) in [5, 5.41) is 14.6. The van der Waals surface area contributed by atoms with E-state index in [1.807, 2.05) is 18.4 Å². The number of primary sulfonamides is 1. The lowest BCUT2D eigenvalue weighted by molar-refractivity contribution is 0.185. The molecule has 0 aromatic carbocycles. The minimum Gasteiger partial charge on any atom is -0.383 e. The lowest BCUT2D eigenvalue weighted by Crippen LogP contribution is -2.20. The van der Waals surface area contributed by atoms with Gasteiger partial charge in [-0.15, -0.1) is 21.5 Å². The lowest BCUT2D eigenvalue weighted by atomic mass is 10.2. The molecular formula is C11H16N4O3S2. The minimum atomic E-state index is -3.92. The topological polar surface area (TPSA) is 100 Å². The number of rotatable bonds is 6. The van der Waals surface area contributed by atoms with Gasteiger partial charge in [-0.25, -0.2) is 13.6 Å². The molecule has 0 fully saturated rings. The van der Waals surface area contributed by atoms with Gasteiger partial charge in [0, 0.05) is 7.11 Å². The van der Waals surface area contributed by atoms with E-state index in [2.05, 4.69) is 10.2 Å². The zero-order valence-corrected chi connectivity index (χ0v) is 12.9. The summed E-state index contributed by atoms with van der Waals surface area (Å²) in [5.74, 6) is 0.512. The maximum atomic E-state index is 11.6. The number of hydrogen-bond donors (Lipinski definition) is 1. The van der Waals surface area contributed by atoms with Crippen molar-refractivity contribution in [2.45, 2.75) is 25.0 Å². The van der Waals surface area contributed by atoms with Crippen LogP contribution in [0.25, 0.3) is 10.7 Å². The Bertz CT molecular complexity index is 690. The van der Waals surface area contributed by atoms with Crippen LogP contribution in [0.2, 0.25) is 0 Å². The second-order valence-corrected chi connectivity index (χ2v) is 6.50. The highest BCUT2D eigenvalue weighted by atomic mass is 32.2. The summed E-state index contributed by atoms with van der Waals surface area (Å²) >= 11 is 1.50. The van der Waals surface area contributed by atoms with Gasteiger partial charge in [0.1, 0.15) is 0 Å². The molecule has 2 heterocycles. The summed E-state index contributed by atoms with van der Waals surface area (Å²) in [6, 6.07) is 1.99. The minimum absolute atomic E-state index is 0.236. The first kappa shape index (κ1) is 15.1. The van der Waals surface area contributed by atoms with Crippen molar-refractivity contribution in [3.8, 4) is 10.7 Å². The van der Waals surface area contributed by atoms with Crippen LogP contribution in [0.3, 0.4) is 0 Å². The molecule has 0 atom stereocenters. The average Bonchev–Trinajstić information content (AvgIpc) is 3.00. The molecule has 9 heteroatoms. The van der Waals surface area contributed by atoms with Gasteiger partial charge in [-0.2, -0.15) is 0 Å². The molecule has 2 N–H and O–H groups in total. The number of nitrogens with zero attached hydrogens (tertiary/aromatic N) is 3. The molecule has 0 aliphatic rings. The molecular weight excluding hydrogens is 300 g/mol. The molecule has 0 spiro atoms. The van der Waals surface area contributed by atoms with Gasteiger partial charge in [-0.1, -0.05) is 6.92 Å². The van der Waals surface area contributed by atoms with Gasteiger partial charge in [-0.05, 0) is 23.4 Å². The molecule has 7 nitrogen and oxygen atoms in total. The van der Waals surface area contributed by atoms with Crippen molar-refractivity contribution >= 4 is 21.4 Å². The van der Waals surface area contributed by atoms with Gasteiger partial charge >= 0.3 is 0 Å². The molecule has 0 radical (unpaired) electrons. The zero-order chi connectivity index (χ0) is 14.8. The van der Waals surface area contributed by atoms with E-state index >= 15 is 0 Å². The summed E-state index contributed by atoms with van der Waals surface area (Å²) in [6.07, 6.45) is 0.834. The summed E-state index contributed by atoms with van der Waals surface area (Å²) < 4.78 is 29.6. The van der Waals surface area contributed by atoms with Crippen LogP contribution < -0.4 is 5.14 Å². The quantitative estimate of drug-likeness (QED) is 0.852. The second-order valence-electron chi connectivity index (χ2n) is 4.12. The van der Waals surface area contributed by atoms with E-state index in [9.17, 15) is 8.42 Å². The first-order chi connectivity index (χ1) is 9.49. The third kappa shape index (κ3) is 2.90. The molecule has 2 aromatic heterocycles. The van der Waals surface area contributed by atoms with Crippen LogP contribution in [0.5, 0.6) is 0 Å². The van der Waals surface area contributed by atoms with Gasteiger partial charge in [0.2, 0.25) is 0 Å². The van der Waals surface area contributed by atoms with Crippen LogP contribution in [0.4, 0.5) is 0 Å². The van der Waals surface area contributed by atoms with Gasteiger partial charge in [0.05, 0.1) is 18.0 Å². The number of aryl methyl sites for hydroxylation is 1. The fraction of sp³-hybridized carbons (Fsp3) is 0.455. The smallest absolute Gasteiger partial charge is 0.273 e. The van der Waals surface area contributed by atoms with Crippen molar-refractivity contribution in [2.24, 2.45) is 5.14 Å². The van der Waals surface area contributed by atoms with Gasteiger partial charge < -0.3 is 4.74 Å². The SMILES string of the molecule is CCc1ccsc1-c1nnc(S(N)(=O)=O)n1CCOC. The van der Waals surface area contributed by atoms with Crippen LogP contribution in [0.1, 0.15) is 12.5 Å². The highest BCUT2D eigenvalue weighted by Crippen LogP contribution is 2.29. The first-order valence-corrected chi connectivity index (χ1v) is 8.43. The Kier molecular flexibility index (Phi) is 4.53. The van der Waals surface area contributed by atoms with Crippen molar-refractivity contribution in [2.75, 3.05) is 13.7 Å². The number of nitrogens with two attached hydrogens (primary N) is 1. The Morgan fingerprint density at radius 3 is 2.80 bits per heavy atom. The van der Waals surface area contributed by atoms with Crippen LogP contribution in [0.15, 0.2) is 16.6 Å². The average molecular weight is 316 g/mol. The number of methoxy groups -OCH3 is 1. The second kappa shape index (κ2) is 6.00. The fourth-order valence-corrected chi connectivity index (χ4v) is 3.49. The van der Waals surface area contributed by atoms with E-state index in [-0.39, 0.29) is 5.16 Å². The molecule has 0 aliphatic heterocycles. The predicted octanol–water partition coefficient (Wildman–Crippen LogP) is 0.863. The third-order valence-corrected chi connectivity index (χ3v) is 4.58. The van der Waals surface area contributed by atoms with E-state index in [0.29, 0.717) is 19.0 Å². The molecule has 0 aliphatic carbocycles. The molecule has 0 bridgehead atoms. The number of sulfonamides is 1. The number of thiophene rings is 1. The Morgan fingerprint density at radius 1 is 1.45 bits per heavy atom. The summed E-state index contributed by atoms with van der Waals surface area (Å²) in [4.78, 5) is 0.908. The Labute approximate surface area is 121 Å². The molecule has 20 heavy (non-hydrogen) atoms. The number of ether oxygens (including phenoxy) is 1. The lowest BCUT2D eigenvalue weighted by Gasteiger charge is -2.08. The molecule has 0 saturated carbocycles. The van der Waals surface area contributed by atoms with E-state index in [1.54, 1.807) is 7.11 Å². The van der Waals surface area contributed by atoms with Crippen molar-refractivity contribution in [3.05, 3.63) is 17.0 Å². The molecule has 2 aromatic rings. The number of hydrogen-bond acceptors (Lipinski definition) is 6. The van der Waals surface area contributed by atoms with E-state index in [4.69, 9.17) is 9.88 Å². The highest BCUT2D eigenvalue weighted by molar-refractivity contribution is 7.89. The van der Waals surface area contributed by atoms with Crippen molar-refractivity contribution in [1.82, 2.24) is 14.8 Å². The molecule has 0 amide bonds. The maximum absolute atomic E-state index is 11.6. The van der Waals surface area contributed by atoms with Crippen molar-refractivity contribution in [3.63, 3.8) is 0 Å². The summed E-state index contributed by atoms with van der Waals surface area (Å²) in [6.45, 7) is 2.70. The third-order valence-electron chi connectivity index (χ3n) is 2.82. The first-order valence-electron chi connectivity index (χ1n) is 6.00. The van der Waals surface area contributed by atoms with Crippen molar-refractivity contribution < 1.29 is 13.2 Å². The van der Waals surface area contributed by atoms with Crippen LogP contribution in [-0.2, 0) is 27.7 Å². The Morgan fingerprint density at radius 2 is 2.20 bits per heavy atom. The standard InChI is InChI=1S/C11H16N4O3S2/c1-3-8-4-7-19-9(8)10-13-14-11(20(12,16)17)15(10)5-6-18-2/h4,7H,3,5-6H2,1-2H3,(H2,12,16,17). The van der Waals surface area contributed by atoms with Crippen LogP contribution >= 0.6 is 11.3 Å². The Balaban J connectivity index is 2.56. The van der Waals surface area contributed by atoms with E-state index in [1.165, 1.54) is 15.9 Å². The van der Waals surface area contributed by atoms with Gasteiger partial charge in [0.25, 0.3) is 15.2 Å². The molecule has 0 unspecified atom stereocenters.